The Morgan fingerprint density at radius 3 is 2.38 bits per heavy atom. The average Bonchev–Trinajstić information content (AvgIpc) is 3.38. The van der Waals surface area contributed by atoms with E-state index in [-0.39, 0.29) is 5.91 Å². The summed E-state index contributed by atoms with van der Waals surface area (Å²) in [7, 11) is 3.33. The molecule has 6 nitrogen and oxygen atoms in total. The van der Waals surface area contributed by atoms with Crippen molar-refractivity contribution in [3.63, 3.8) is 0 Å². The zero-order valence-electron chi connectivity index (χ0n) is 18.7. The van der Waals surface area contributed by atoms with E-state index in [1.54, 1.807) is 26.4 Å². The molecule has 1 saturated heterocycles. The van der Waals surface area contributed by atoms with E-state index < -0.39 is 0 Å². The van der Waals surface area contributed by atoms with Crippen molar-refractivity contribution in [1.82, 2.24) is 10.2 Å². The Bertz CT molecular complexity index is 1010. The first-order chi connectivity index (χ1) is 15.7. The van der Waals surface area contributed by atoms with Gasteiger partial charge in [0.1, 0.15) is 0 Å². The van der Waals surface area contributed by atoms with Crippen LogP contribution in [0, 0.1) is 0 Å². The highest BCUT2D eigenvalue weighted by atomic mass is 16.5. The van der Waals surface area contributed by atoms with E-state index in [4.69, 9.17) is 13.9 Å². The largest absolute Gasteiger partial charge is 0.493 e. The lowest BCUT2D eigenvalue weighted by Crippen LogP contribution is -2.32. The van der Waals surface area contributed by atoms with Crippen molar-refractivity contribution in [3.05, 3.63) is 83.3 Å². The highest BCUT2D eigenvalue weighted by molar-refractivity contribution is 5.91. The van der Waals surface area contributed by atoms with E-state index in [1.165, 1.54) is 17.4 Å². The summed E-state index contributed by atoms with van der Waals surface area (Å²) in [5, 5.41) is 2.89. The molecule has 0 radical (unpaired) electrons. The third kappa shape index (κ3) is 5.32. The molecule has 0 bridgehead atoms. The summed E-state index contributed by atoms with van der Waals surface area (Å²) in [6, 6.07) is 18.1. The van der Waals surface area contributed by atoms with Gasteiger partial charge >= 0.3 is 0 Å². The van der Waals surface area contributed by atoms with Crippen LogP contribution in [0.2, 0.25) is 0 Å². The molecule has 1 aromatic heterocycles. The van der Waals surface area contributed by atoms with Crippen molar-refractivity contribution in [2.24, 2.45) is 0 Å². The molecule has 168 valence electrons. The average molecular weight is 435 g/mol. The van der Waals surface area contributed by atoms with Gasteiger partial charge in [0, 0.05) is 13.1 Å². The quantitative estimate of drug-likeness (QED) is 0.561. The smallest absolute Gasteiger partial charge is 0.287 e. The molecule has 1 N–H and O–H groups in total. The number of benzene rings is 2. The van der Waals surface area contributed by atoms with Crippen molar-refractivity contribution >= 4 is 5.91 Å². The van der Waals surface area contributed by atoms with Crippen LogP contribution in [0.3, 0.4) is 0 Å². The molecule has 0 unspecified atom stereocenters. The van der Waals surface area contributed by atoms with Crippen molar-refractivity contribution < 1.29 is 18.7 Å². The van der Waals surface area contributed by atoms with Crippen LogP contribution in [-0.4, -0.2) is 38.1 Å². The second-order valence-corrected chi connectivity index (χ2v) is 8.14. The summed E-state index contributed by atoms with van der Waals surface area (Å²) in [5.41, 5.74) is 3.69. The fourth-order valence-corrected chi connectivity index (χ4v) is 4.25. The first kappa shape index (κ1) is 22.0. The number of nitrogens with one attached hydrogen (secondary N) is 1. The van der Waals surface area contributed by atoms with Gasteiger partial charge in [-0.1, -0.05) is 30.3 Å². The van der Waals surface area contributed by atoms with Crippen LogP contribution in [0.1, 0.15) is 46.0 Å². The maximum absolute atomic E-state index is 12.0. The molecule has 32 heavy (non-hydrogen) atoms. The van der Waals surface area contributed by atoms with Crippen LogP contribution in [0.4, 0.5) is 0 Å². The Morgan fingerprint density at radius 1 is 1.00 bits per heavy atom. The number of hydrogen-bond donors (Lipinski definition) is 1. The first-order valence-electron chi connectivity index (χ1n) is 11.0. The minimum Gasteiger partial charge on any atom is -0.493 e. The van der Waals surface area contributed by atoms with Gasteiger partial charge < -0.3 is 19.2 Å². The predicted molar refractivity (Wildman–Crippen MR) is 123 cm³/mol. The van der Waals surface area contributed by atoms with Gasteiger partial charge in [-0.3, -0.25) is 9.69 Å². The van der Waals surface area contributed by atoms with E-state index >= 15 is 0 Å². The molecule has 1 amide bonds. The molecule has 0 aliphatic carbocycles. The van der Waals surface area contributed by atoms with E-state index in [9.17, 15) is 4.79 Å². The molecule has 0 atom stereocenters. The molecular formula is C26H30N2O4. The number of piperidine rings is 1. The Morgan fingerprint density at radius 2 is 1.72 bits per heavy atom. The van der Waals surface area contributed by atoms with E-state index in [0.717, 1.165) is 49.5 Å². The van der Waals surface area contributed by atoms with Crippen LogP contribution in [0.5, 0.6) is 11.5 Å². The van der Waals surface area contributed by atoms with Gasteiger partial charge in [-0.2, -0.15) is 0 Å². The number of likely N-dealkylation sites (tertiary alicyclic amines) is 1. The molecule has 6 heteroatoms. The Labute approximate surface area is 189 Å². The third-order valence-electron chi connectivity index (χ3n) is 6.09. The van der Waals surface area contributed by atoms with Crippen LogP contribution >= 0.6 is 0 Å². The molecule has 1 aliphatic rings. The maximum atomic E-state index is 12.0. The number of methoxy groups -OCH3 is 2. The fraction of sp³-hybridized carbons (Fsp3) is 0.346. The third-order valence-corrected chi connectivity index (χ3v) is 6.09. The Kier molecular flexibility index (Phi) is 7.12. The van der Waals surface area contributed by atoms with Gasteiger partial charge in [-0.15, -0.1) is 0 Å². The molecule has 2 aromatic carbocycles. The predicted octanol–water partition coefficient (Wildman–Crippen LogP) is 4.61. The molecule has 0 spiro atoms. The SMILES string of the molecule is COc1ccc(CN2CCC(c3ccc(CNC(=O)c4ccco4)cc3)CC2)cc1OC. The summed E-state index contributed by atoms with van der Waals surface area (Å²) >= 11 is 0. The monoisotopic (exact) mass is 434 g/mol. The number of hydrogen-bond acceptors (Lipinski definition) is 5. The molecule has 2 heterocycles. The van der Waals surface area contributed by atoms with Gasteiger partial charge in [-0.05, 0) is 72.8 Å². The van der Waals surface area contributed by atoms with Gasteiger partial charge in [0.05, 0.1) is 20.5 Å². The second-order valence-electron chi connectivity index (χ2n) is 8.14. The minimum atomic E-state index is -0.194. The molecule has 4 rings (SSSR count). The number of carbonyl (C=O) groups is 1. The Hall–Kier alpha value is -3.25. The molecule has 3 aromatic rings. The summed E-state index contributed by atoms with van der Waals surface area (Å²) in [5.74, 6) is 2.25. The Balaban J connectivity index is 1.26. The highest BCUT2D eigenvalue weighted by Crippen LogP contribution is 2.31. The van der Waals surface area contributed by atoms with Crippen LogP contribution in [0.25, 0.3) is 0 Å². The van der Waals surface area contributed by atoms with Crippen LogP contribution < -0.4 is 14.8 Å². The van der Waals surface area contributed by atoms with E-state index in [0.29, 0.717) is 18.2 Å². The number of amides is 1. The van der Waals surface area contributed by atoms with Crippen LogP contribution in [0.15, 0.2) is 65.3 Å². The summed E-state index contributed by atoms with van der Waals surface area (Å²) in [4.78, 5) is 14.5. The molecular weight excluding hydrogens is 404 g/mol. The lowest BCUT2D eigenvalue weighted by atomic mass is 9.89. The van der Waals surface area contributed by atoms with Gasteiger partial charge in [0.2, 0.25) is 0 Å². The van der Waals surface area contributed by atoms with Gasteiger partial charge in [-0.25, -0.2) is 0 Å². The normalized spacial score (nSPS) is 14.8. The van der Waals surface area contributed by atoms with Gasteiger partial charge in [0.25, 0.3) is 5.91 Å². The maximum Gasteiger partial charge on any atom is 0.287 e. The number of furan rings is 1. The van der Waals surface area contributed by atoms with Crippen molar-refractivity contribution in [2.45, 2.75) is 31.8 Å². The lowest BCUT2D eigenvalue weighted by Gasteiger charge is -2.32. The second kappa shape index (κ2) is 10.4. The standard InChI is InChI=1S/C26H30N2O4/c1-30-23-10-7-20(16-25(23)31-2)18-28-13-11-22(12-14-28)21-8-5-19(6-9-21)17-27-26(29)24-4-3-15-32-24/h3-10,15-16,22H,11-14,17-18H2,1-2H3,(H,27,29). The molecule has 0 saturated carbocycles. The number of rotatable bonds is 8. The minimum absolute atomic E-state index is 0.194. The summed E-state index contributed by atoms with van der Waals surface area (Å²) < 4.78 is 15.9. The van der Waals surface area contributed by atoms with Crippen molar-refractivity contribution in [2.75, 3.05) is 27.3 Å². The lowest BCUT2D eigenvalue weighted by molar-refractivity contribution is 0.0923. The number of carbonyl (C=O) groups excluding carboxylic acids is 1. The van der Waals surface area contributed by atoms with Crippen molar-refractivity contribution in [3.8, 4) is 11.5 Å². The fourth-order valence-electron chi connectivity index (χ4n) is 4.25. The van der Waals surface area contributed by atoms with Crippen LogP contribution in [-0.2, 0) is 13.1 Å². The van der Waals surface area contributed by atoms with E-state index in [2.05, 4.69) is 46.6 Å². The zero-order valence-corrected chi connectivity index (χ0v) is 18.7. The first-order valence-corrected chi connectivity index (χ1v) is 11.0. The summed E-state index contributed by atoms with van der Waals surface area (Å²) in [6.07, 6.45) is 3.78. The molecule has 1 aliphatic heterocycles. The van der Waals surface area contributed by atoms with Crippen molar-refractivity contribution in [1.29, 1.82) is 0 Å². The van der Waals surface area contributed by atoms with Gasteiger partial charge in [0.15, 0.2) is 17.3 Å². The molecule has 1 fully saturated rings. The number of nitrogens with zero attached hydrogens (tertiary/aromatic N) is 1. The summed E-state index contributed by atoms with van der Waals surface area (Å²) in [6.45, 7) is 3.55. The highest BCUT2D eigenvalue weighted by Gasteiger charge is 2.21. The number of ether oxygens (including phenoxy) is 2. The van der Waals surface area contributed by atoms with E-state index in [1.807, 2.05) is 6.07 Å². The zero-order chi connectivity index (χ0) is 22.3. The topological polar surface area (TPSA) is 63.9 Å².